The molecule has 1 N–H and O–H groups in total. The predicted molar refractivity (Wildman–Crippen MR) is 96.6 cm³/mol. The second-order valence-electron chi connectivity index (χ2n) is 6.56. The first-order chi connectivity index (χ1) is 12.0. The molecule has 0 bridgehead atoms. The van der Waals surface area contributed by atoms with Crippen LogP contribution in [0.1, 0.15) is 23.6 Å². The van der Waals surface area contributed by atoms with Crippen molar-refractivity contribution in [1.29, 1.82) is 0 Å². The Morgan fingerprint density at radius 2 is 1.84 bits per heavy atom. The lowest BCUT2D eigenvalue weighted by atomic mass is 10.1. The maximum absolute atomic E-state index is 10.1. The van der Waals surface area contributed by atoms with Crippen LogP contribution in [-0.2, 0) is 13.1 Å². The molecule has 0 fully saturated rings. The van der Waals surface area contributed by atoms with Crippen molar-refractivity contribution in [3.8, 4) is 23.0 Å². The monoisotopic (exact) mass is 343 g/mol. The molecule has 1 aliphatic rings. The zero-order valence-electron chi connectivity index (χ0n) is 15.2. The quantitative estimate of drug-likeness (QED) is 0.921. The molecule has 1 aliphatic heterocycles. The van der Waals surface area contributed by atoms with E-state index in [0.717, 1.165) is 24.4 Å². The highest BCUT2D eigenvalue weighted by atomic mass is 16.5. The van der Waals surface area contributed by atoms with E-state index in [1.807, 2.05) is 12.1 Å². The van der Waals surface area contributed by atoms with Gasteiger partial charge in [-0.3, -0.25) is 4.90 Å². The Labute approximate surface area is 148 Å². The number of rotatable bonds is 4. The Balaban J connectivity index is 1.87. The van der Waals surface area contributed by atoms with Gasteiger partial charge in [0.15, 0.2) is 11.5 Å². The largest absolute Gasteiger partial charge is 0.502 e. The van der Waals surface area contributed by atoms with Gasteiger partial charge in [-0.1, -0.05) is 17.7 Å². The summed E-state index contributed by atoms with van der Waals surface area (Å²) in [4.78, 5) is 2.33. The van der Waals surface area contributed by atoms with Crippen LogP contribution in [0.15, 0.2) is 30.3 Å². The average Bonchev–Trinajstić information content (AvgIpc) is 2.73. The van der Waals surface area contributed by atoms with E-state index in [1.54, 1.807) is 14.2 Å². The van der Waals surface area contributed by atoms with Gasteiger partial charge in [0, 0.05) is 25.2 Å². The topological polar surface area (TPSA) is 51.2 Å². The first kappa shape index (κ1) is 17.4. The van der Waals surface area contributed by atoms with Crippen LogP contribution in [0.25, 0.3) is 0 Å². The second kappa shape index (κ2) is 7.23. The highest BCUT2D eigenvalue weighted by Gasteiger charge is 2.21. The summed E-state index contributed by atoms with van der Waals surface area (Å²) in [5.74, 6) is 1.83. The van der Waals surface area contributed by atoms with E-state index < -0.39 is 0 Å². The fourth-order valence-electron chi connectivity index (χ4n) is 3.29. The molecule has 5 nitrogen and oxygen atoms in total. The number of methoxy groups -OCH3 is 2. The van der Waals surface area contributed by atoms with Crippen molar-refractivity contribution in [2.75, 3.05) is 20.8 Å². The van der Waals surface area contributed by atoms with E-state index in [-0.39, 0.29) is 11.9 Å². The Morgan fingerprint density at radius 3 is 2.48 bits per heavy atom. The molecule has 25 heavy (non-hydrogen) atoms. The summed E-state index contributed by atoms with van der Waals surface area (Å²) in [6, 6.07) is 10.0. The Morgan fingerprint density at radius 1 is 1.16 bits per heavy atom. The summed E-state index contributed by atoms with van der Waals surface area (Å²) >= 11 is 0. The highest BCUT2D eigenvalue weighted by molar-refractivity contribution is 5.52. The molecule has 0 saturated heterocycles. The molecular formula is C20H25NO4. The van der Waals surface area contributed by atoms with Gasteiger partial charge in [-0.2, -0.15) is 0 Å². The van der Waals surface area contributed by atoms with Crippen molar-refractivity contribution < 1.29 is 19.3 Å². The number of benzene rings is 2. The molecular weight excluding hydrogens is 318 g/mol. The molecule has 0 spiro atoms. The number of phenols is 1. The molecule has 0 radical (unpaired) electrons. The SMILES string of the molecule is COc1cc(CN2Cc3cc(C)ccc3OC(C)C2)cc(OC)c1O. The van der Waals surface area contributed by atoms with Gasteiger partial charge < -0.3 is 19.3 Å². The molecule has 0 aromatic heterocycles. The Kier molecular flexibility index (Phi) is 5.04. The fraction of sp³-hybridized carbons (Fsp3) is 0.400. The summed E-state index contributed by atoms with van der Waals surface area (Å²) in [5.41, 5.74) is 3.45. The normalized spacial score (nSPS) is 17.4. The third-order valence-electron chi connectivity index (χ3n) is 4.40. The van der Waals surface area contributed by atoms with E-state index in [9.17, 15) is 5.11 Å². The average molecular weight is 343 g/mol. The number of hydrogen-bond donors (Lipinski definition) is 1. The zero-order valence-corrected chi connectivity index (χ0v) is 15.2. The number of fused-ring (bicyclic) bond motifs is 1. The van der Waals surface area contributed by atoms with Gasteiger partial charge in [0.25, 0.3) is 0 Å². The van der Waals surface area contributed by atoms with Gasteiger partial charge in [-0.25, -0.2) is 0 Å². The molecule has 1 atom stereocenters. The number of ether oxygens (including phenoxy) is 3. The standard InChI is InChI=1S/C20H25NO4/c1-13-5-6-17-16(7-13)12-21(10-14(2)25-17)11-15-8-18(23-3)20(22)19(9-15)24-4/h5-9,14,22H,10-12H2,1-4H3. The zero-order chi connectivity index (χ0) is 18.0. The fourth-order valence-corrected chi connectivity index (χ4v) is 3.29. The summed E-state index contributed by atoms with van der Waals surface area (Å²) in [6.45, 7) is 6.52. The van der Waals surface area contributed by atoms with E-state index >= 15 is 0 Å². The number of hydrogen-bond acceptors (Lipinski definition) is 5. The molecule has 5 heteroatoms. The molecule has 1 heterocycles. The molecule has 2 aromatic carbocycles. The van der Waals surface area contributed by atoms with Crippen LogP contribution in [0.4, 0.5) is 0 Å². The maximum Gasteiger partial charge on any atom is 0.200 e. The van der Waals surface area contributed by atoms with Crippen molar-refractivity contribution >= 4 is 0 Å². The van der Waals surface area contributed by atoms with Crippen LogP contribution in [0.2, 0.25) is 0 Å². The van der Waals surface area contributed by atoms with Gasteiger partial charge >= 0.3 is 0 Å². The first-order valence-corrected chi connectivity index (χ1v) is 8.42. The van der Waals surface area contributed by atoms with Crippen molar-refractivity contribution in [2.24, 2.45) is 0 Å². The lowest BCUT2D eigenvalue weighted by Gasteiger charge is -2.22. The van der Waals surface area contributed by atoms with E-state index in [2.05, 4.69) is 36.9 Å². The molecule has 3 rings (SSSR count). The van der Waals surface area contributed by atoms with Crippen LogP contribution in [0.5, 0.6) is 23.0 Å². The lowest BCUT2D eigenvalue weighted by Crippen LogP contribution is -2.30. The van der Waals surface area contributed by atoms with Gasteiger partial charge in [-0.15, -0.1) is 0 Å². The second-order valence-corrected chi connectivity index (χ2v) is 6.56. The Hall–Kier alpha value is -2.40. The lowest BCUT2D eigenvalue weighted by molar-refractivity contribution is 0.156. The first-order valence-electron chi connectivity index (χ1n) is 8.42. The minimum atomic E-state index is 0.0299. The number of nitrogens with zero attached hydrogens (tertiary/aromatic N) is 1. The van der Waals surface area contributed by atoms with Crippen LogP contribution in [0.3, 0.4) is 0 Å². The minimum absolute atomic E-state index is 0.0299. The summed E-state index contributed by atoms with van der Waals surface area (Å²) in [7, 11) is 3.08. The highest BCUT2D eigenvalue weighted by Crippen LogP contribution is 2.37. The predicted octanol–water partition coefficient (Wildman–Crippen LogP) is 3.50. The molecule has 0 aliphatic carbocycles. The third-order valence-corrected chi connectivity index (χ3v) is 4.40. The van der Waals surface area contributed by atoms with E-state index in [1.165, 1.54) is 11.1 Å². The number of phenolic OH excluding ortho intramolecular Hbond substituents is 1. The minimum Gasteiger partial charge on any atom is -0.502 e. The van der Waals surface area contributed by atoms with Crippen LogP contribution < -0.4 is 14.2 Å². The summed E-state index contributed by atoms with van der Waals surface area (Å²) in [6.07, 6.45) is 0.102. The van der Waals surface area contributed by atoms with Crippen LogP contribution in [-0.4, -0.2) is 36.9 Å². The molecule has 1 unspecified atom stereocenters. The summed E-state index contributed by atoms with van der Waals surface area (Å²) in [5, 5.41) is 10.1. The van der Waals surface area contributed by atoms with Crippen molar-refractivity contribution in [3.63, 3.8) is 0 Å². The summed E-state index contributed by atoms with van der Waals surface area (Å²) < 4.78 is 16.6. The van der Waals surface area contributed by atoms with Gasteiger partial charge in [0.05, 0.1) is 14.2 Å². The number of aryl methyl sites for hydroxylation is 1. The molecule has 0 amide bonds. The smallest absolute Gasteiger partial charge is 0.200 e. The maximum atomic E-state index is 10.1. The van der Waals surface area contributed by atoms with Crippen molar-refractivity contribution in [3.05, 3.63) is 47.0 Å². The molecule has 0 saturated carbocycles. The van der Waals surface area contributed by atoms with Gasteiger partial charge in [0.2, 0.25) is 5.75 Å². The molecule has 2 aromatic rings. The van der Waals surface area contributed by atoms with E-state index in [0.29, 0.717) is 18.0 Å². The number of aromatic hydroxyl groups is 1. The van der Waals surface area contributed by atoms with E-state index in [4.69, 9.17) is 14.2 Å². The Bertz CT molecular complexity index is 734. The molecule has 134 valence electrons. The van der Waals surface area contributed by atoms with Gasteiger partial charge in [0.1, 0.15) is 11.9 Å². The van der Waals surface area contributed by atoms with Crippen LogP contribution in [0, 0.1) is 6.92 Å². The van der Waals surface area contributed by atoms with Crippen molar-refractivity contribution in [1.82, 2.24) is 4.90 Å². The van der Waals surface area contributed by atoms with Gasteiger partial charge in [-0.05, 0) is 37.6 Å². The van der Waals surface area contributed by atoms with Crippen LogP contribution >= 0.6 is 0 Å². The van der Waals surface area contributed by atoms with Crippen molar-refractivity contribution in [2.45, 2.75) is 33.0 Å². The third kappa shape index (κ3) is 3.82.